The fourth-order valence-electron chi connectivity index (χ4n) is 1.76. The monoisotopic (exact) mass is 275 g/mol. The van der Waals surface area contributed by atoms with Gasteiger partial charge in [-0.1, -0.05) is 5.16 Å². The van der Waals surface area contributed by atoms with Gasteiger partial charge in [0.2, 0.25) is 11.7 Å². The lowest BCUT2D eigenvalue weighted by Gasteiger charge is -2.19. The quantitative estimate of drug-likeness (QED) is 0.909. The van der Waals surface area contributed by atoms with Crippen LogP contribution in [-0.2, 0) is 6.42 Å². The highest BCUT2D eigenvalue weighted by Gasteiger charge is 2.11. The summed E-state index contributed by atoms with van der Waals surface area (Å²) in [5.41, 5.74) is 1.02. The van der Waals surface area contributed by atoms with Crippen LogP contribution in [0.2, 0.25) is 0 Å². The van der Waals surface area contributed by atoms with Crippen molar-refractivity contribution < 1.29 is 9.26 Å². The second-order valence-corrected chi connectivity index (χ2v) is 5.67. The Morgan fingerprint density at radius 3 is 2.50 bits per heavy atom. The normalized spacial score (nSPS) is 11.6. The van der Waals surface area contributed by atoms with E-state index in [2.05, 4.69) is 36.2 Å². The predicted octanol–water partition coefficient (Wildman–Crippen LogP) is 2.68. The topological polar surface area (TPSA) is 60.2 Å². The van der Waals surface area contributed by atoms with E-state index in [9.17, 15) is 0 Å². The van der Waals surface area contributed by atoms with E-state index in [4.69, 9.17) is 9.26 Å². The maximum atomic E-state index is 5.26. The third-order valence-corrected chi connectivity index (χ3v) is 2.81. The van der Waals surface area contributed by atoms with Gasteiger partial charge in [0.05, 0.1) is 7.11 Å². The summed E-state index contributed by atoms with van der Waals surface area (Å²) in [6.45, 7) is 7.20. The fourth-order valence-corrected chi connectivity index (χ4v) is 1.76. The smallest absolute Gasteiger partial charge is 0.228 e. The zero-order valence-electron chi connectivity index (χ0n) is 12.4. The second kappa shape index (κ2) is 6.05. The molecule has 0 aliphatic carbocycles. The summed E-state index contributed by atoms with van der Waals surface area (Å²) in [6.07, 6.45) is 0.723. The van der Waals surface area contributed by atoms with Gasteiger partial charge in [-0.15, -0.1) is 0 Å². The van der Waals surface area contributed by atoms with Gasteiger partial charge >= 0.3 is 0 Å². The molecule has 1 aromatic carbocycles. The number of nitrogens with one attached hydrogen (secondary N) is 1. The molecule has 1 heterocycles. The molecule has 2 rings (SSSR count). The fraction of sp³-hybridized carbons (Fsp3) is 0.467. The van der Waals surface area contributed by atoms with Crippen LogP contribution in [0.1, 0.15) is 26.7 Å². The lowest BCUT2D eigenvalue weighted by atomic mass is 10.1. The number of ether oxygens (including phenoxy) is 1. The molecule has 0 aliphatic rings. The molecule has 1 N–H and O–H groups in total. The Labute approximate surface area is 119 Å². The summed E-state index contributed by atoms with van der Waals surface area (Å²) in [4.78, 5) is 4.40. The van der Waals surface area contributed by atoms with Gasteiger partial charge in [0.25, 0.3) is 0 Å². The molecule has 2 aromatic rings. The van der Waals surface area contributed by atoms with Crippen LogP contribution in [0.3, 0.4) is 0 Å². The third kappa shape index (κ3) is 4.06. The molecule has 108 valence electrons. The molecule has 5 nitrogen and oxygen atoms in total. The molecule has 0 unspecified atom stereocenters. The zero-order valence-corrected chi connectivity index (χ0v) is 12.4. The van der Waals surface area contributed by atoms with Gasteiger partial charge in [0.15, 0.2) is 0 Å². The maximum Gasteiger partial charge on any atom is 0.228 e. The van der Waals surface area contributed by atoms with Crippen molar-refractivity contribution in [3.63, 3.8) is 0 Å². The Hall–Kier alpha value is -1.88. The van der Waals surface area contributed by atoms with Crippen LogP contribution in [0.5, 0.6) is 5.75 Å². The largest absolute Gasteiger partial charge is 0.497 e. The summed E-state index contributed by atoms with van der Waals surface area (Å²) in [7, 11) is 1.64. The van der Waals surface area contributed by atoms with E-state index in [0.29, 0.717) is 11.7 Å². The van der Waals surface area contributed by atoms with Crippen LogP contribution in [0.15, 0.2) is 28.8 Å². The van der Waals surface area contributed by atoms with Crippen LogP contribution < -0.4 is 10.1 Å². The molecule has 5 heteroatoms. The summed E-state index contributed by atoms with van der Waals surface area (Å²) in [5.74, 6) is 2.07. The molecule has 1 aromatic heterocycles. The Morgan fingerprint density at radius 2 is 1.90 bits per heavy atom. The molecule has 0 radical (unpaired) electrons. The molecule has 0 atom stereocenters. The summed E-state index contributed by atoms with van der Waals surface area (Å²) < 4.78 is 10.4. The second-order valence-electron chi connectivity index (χ2n) is 5.67. The lowest BCUT2D eigenvalue weighted by molar-refractivity contribution is 0.362. The molecule has 0 saturated carbocycles. The average molecular weight is 275 g/mol. The van der Waals surface area contributed by atoms with E-state index in [-0.39, 0.29) is 5.54 Å². The Balaban J connectivity index is 1.97. The van der Waals surface area contributed by atoms with Crippen LogP contribution in [-0.4, -0.2) is 29.3 Å². The number of aromatic nitrogens is 2. The number of benzene rings is 1. The van der Waals surface area contributed by atoms with E-state index in [1.807, 2.05) is 24.3 Å². The molecule has 0 amide bonds. The van der Waals surface area contributed by atoms with Crippen LogP contribution in [0.25, 0.3) is 11.4 Å². The van der Waals surface area contributed by atoms with Crippen molar-refractivity contribution in [2.45, 2.75) is 32.7 Å². The van der Waals surface area contributed by atoms with Gasteiger partial charge < -0.3 is 14.6 Å². The first-order valence-corrected chi connectivity index (χ1v) is 6.70. The summed E-state index contributed by atoms with van der Waals surface area (Å²) >= 11 is 0. The first-order valence-electron chi connectivity index (χ1n) is 6.70. The van der Waals surface area contributed by atoms with Gasteiger partial charge in [0.1, 0.15) is 5.75 Å². The average Bonchev–Trinajstić information content (AvgIpc) is 2.86. The van der Waals surface area contributed by atoms with Crippen molar-refractivity contribution in [3.8, 4) is 17.1 Å². The van der Waals surface area contributed by atoms with E-state index in [1.165, 1.54) is 0 Å². The SMILES string of the molecule is COc1ccc(-c2noc(CCNC(C)(C)C)n2)cc1. The van der Waals surface area contributed by atoms with Gasteiger partial charge in [-0.2, -0.15) is 4.98 Å². The highest BCUT2D eigenvalue weighted by Crippen LogP contribution is 2.19. The molecule has 0 spiro atoms. The van der Waals surface area contributed by atoms with Crippen LogP contribution in [0, 0.1) is 0 Å². The zero-order chi connectivity index (χ0) is 14.6. The maximum absolute atomic E-state index is 5.26. The molecular weight excluding hydrogens is 254 g/mol. The van der Waals surface area contributed by atoms with E-state index in [0.717, 1.165) is 24.3 Å². The molecule has 0 fully saturated rings. The minimum Gasteiger partial charge on any atom is -0.497 e. The molecule has 20 heavy (non-hydrogen) atoms. The Kier molecular flexibility index (Phi) is 4.39. The minimum absolute atomic E-state index is 0.0961. The number of hydrogen-bond donors (Lipinski definition) is 1. The van der Waals surface area contributed by atoms with Crippen molar-refractivity contribution in [2.24, 2.45) is 0 Å². The van der Waals surface area contributed by atoms with E-state index < -0.39 is 0 Å². The minimum atomic E-state index is 0.0961. The summed E-state index contributed by atoms with van der Waals surface area (Å²) in [5, 5.41) is 7.39. The van der Waals surface area contributed by atoms with Crippen molar-refractivity contribution >= 4 is 0 Å². The first kappa shape index (κ1) is 14.5. The van der Waals surface area contributed by atoms with Gasteiger partial charge in [0, 0.05) is 24.1 Å². The number of rotatable bonds is 5. The number of methoxy groups -OCH3 is 1. The number of nitrogens with zero attached hydrogens (tertiary/aromatic N) is 2. The standard InChI is InChI=1S/C15H21N3O2/c1-15(2,3)16-10-9-13-17-14(18-20-13)11-5-7-12(19-4)8-6-11/h5-8,16H,9-10H2,1-4H3. The first-order chi connectivity index (χ1) is 9.48. The van der Waals surface area contributed by atoms with Gasteiger partial charge in [-0.3, -0.25) is 0 Å². The Morgan fingerprint density at radius 1 is 1.20 bits per heavy atom. The van der Waals surface area contributed by atoms with Crippen LogP contribution >= 0.6 is 0 Å². The van der Waals surface area contributed by atoms with Crippen molar-refractivity contribution in [1.82, 2.24) is 15.5 Å². The van der Waals surface area contributed by atoms with E-state index >= 15 is 0 Å². The van der Waals surface area contributed by atoms with Gasteiger partial charge in [-0.05, 0) is 45.0 Å². The predicted molar refractivity (Wildman–Crippen MR) is 77.7 cm³/mol. The van der Waals surface area contributed by atoms with Crippen molar-refractivity contribution in [3.05, 3.63) is 30.2 Å². The molecule has 0 saturated heterocycles. The summed E-state index contributed by atoms with van der Waals surface area (Å²) in [6, 6.07) is 7.60. The van der Waals surface area contributed by atoms with Gasteiger partial charge in [-0.25, -0.2) is 0 Å². The molecular formula is C15H21N3O2. The lowest BCUT2D eigenvalue weighted by Crippen LogP contribution is -2.37. The molecule has 0 bridgehead atoms. The van der Waals surface area contributed by atoms with E-state index in [1.54, 1.807) is 7.11 Å². The molecule has 0 aliphatic heterocycles. The van der Waals surface area contributed by atoms with Crippen molar-refractivity contribution in [1.29, 1.82) is 0 Å². The third-order valence-electron chi connectivity index (χ3n) is 2.81. The van der Waals surface area contributed by atoms with Crippen molar-refractivity contribution in [2.75, 3.05) is 13.7 Å². The highest BCUT2D eigenvalue weighted by molar-refractivity contribution is 5.55. The number of hydrogen-bond acceptors (Lipinski definition) is 5. The highest BCUT2D eigenvalue weighted by atomic mass is 16.5. The Bertz CT molecular complexity index is 541. The van der Waals surface area contributed by atoms with Crippen LogP contribution in [0.4, 0.5) is 0 Å².